The van der Waals surface area contributed by atoms with Crippen molar-refractivity contribution in [3.05, 3.63) is 40.9 Å². The third kappa shape index (κ3) is 5.38. The van der Waals surface area contributed by atoms with Crippen LogP contribution in [0.5, 0.6) is 11.5 Å². The van der Waals surface area contributed by atoms with Crippen LogP contribution in [0.4, 0.5) is 5.13 Å². The van der Waals surface area contributed by atoms with Crippen molar-refractivity contribution in [2.45, 2.75) is 20.8 Å². The lowest BCUT2D eigenvalue weighted by atomic mass is 10.2. The summed E-state index contributed by atoms with van der Waals surface area (Å²) in [6.07, 6.45) is 4.93. The van der Waals surface area contributed by atoms with Gasteiger partial charge >= 0.3 is 0 Å². The summed E-state index contributed by atoms with van der Waals surface area (Å²) >= 11 is 1.44. The highest BCUT2D eigenvalue weighted by molar-refractivity contribution is 7.15. The van der Waals surface area contributed by atoms with E-state index in [1.807, 2.05) is 25.1 Å². The molecule has 5 nitrogen and oxygen atoms in total. The van der Waals surface area contributed by atoms with Gasteiger partial charge in [-0.25, -0.2) is 4.98 Å². The maximum Gasteiger partial charge on any atom is 0.250 e. The van der Waals surface area contributed by atoms with Crippen molar-refractivity contribution in [3.8, 4) is 11.5 Å². The summed E-state index contributed by atoms with van der Waals surface area (Å²) in [6, 6.07) is 5.57. The molecule has 1 aromatic carbocycles. The number of methoxy groups -OCH3 is 1. The average Bonchev–Trinajstić information content (AvgIpc) is 2.96. The van der Waals surface area contributed by atoms with Crippen LogP contribution in [0.3, 0.4) is 0 Å². The van der Waals surface area contributed by atoms with Gasteiger partial charge in [-0.2, -0.15) is 0 Å². The molecule has 0 atom stereocenters. The number of aryl methyl sites for hydroxylation is 1. The fourth-order valence-corrected chi connectivity index (χ4v) is 2.56. The third-order valence-corrected chi connectivity index (χ3v) is 3.87. The van der Waals surface area contributed by atoms with Gasteiger partial charge in [0.25, 0.3) is 0 Å². The van der Waals surface area contributed by atoms with E-state index in [4.69, 9.17) is 9.47 Å². The zero-order valence-corrected chi connectivity index (χ0v) is 15.1. The Morgan fingerprint density at radius 3 is 2.79 bits per heavy atom. The highest BCUT2D eigenvalue weighted by Gasteiger charge is 2.06. The van der Waals surface area contributed by atoms with Crippen molar-refractivity contribution in [1.29, 1.82) is 0 Å². The van der Waals surface area contributed by atoms with Crippen LogP contribution >= 0.6 is 11.3 Å². The van der Waals surface area contributed by atoms with Crippen LogP contribution in [0.2, 0.25) is 0 Å². The minimum atomic E-state index is -0.219. The normalized spacial score (nSPS) is 11.0. The van der Waals surface area contributed by atoms with Gasteiger partial charge < -0.3 is 9.47 Å². The first-order valence-corrected chi connectivity index (χ1v) is 8.52. The van der Waals surface area contributed by atoms with Gasteiger partial charge in [-0.3, -0.25) is 10.1 Å². The van der Waals surface area contributed by atoms with E-state index in [0.29, 0.717) is 29.2 Å². The summed E-state index contributed by atoms with van der Waals surface area (Å²) in [7, 11) is 1.60. The smallest absolute Gasteiger partial charge is 0.250 e. The van der Waals surface area contributed by atoms with Gasteiger partial charge in [0.05, 0.1) is 13.7 Å². The van der Waals surface area contributed by atoms with Crippen molar-refractivity contribution >= 4 is 28.5 Å². The molecule has 0 unspecified atom stereocenters. The molecule has 1 N–H and O–H groups in total. The number of amides is 1. The Labute approximate surface area is 146 Å². The maximum absolute atomic E-state index is 11.9. The molecule has 0 saturated carbocycles. The molecule has 128 valence electrons. The van der Waals surface area contributed by atoms with Gasteiger partial charge in [-0.1, -0.05) is 19.9 Å². The van der Waals surface area contributed by atoms with E-state index in [2.05, 4.69) is 24.1 Å². The Morgan fingerprint density at radius 2 is 2.17 bits per heavy atom. The molecule has 0 aliphatic rings. The number of thiazole rings is 1. The quantitative estimate of drug-likeness (QED) is 0.765. The molecule has 6 heteroatoms. The first-order valence-electron chi connectivity index (χ1n) is 7.70. The van der Waals surface area contributed by atoms with E-state index in [1.54, 1.807) is 19.4 Å². The molecule has 0 fully saturated rings. The van der Waals surface area contributed by atoms with Gasteiger partial charge in [-0.15, -0.1) is 11.3 Å². The van der Waals surface area contributed by atoms with Crippen LogP contribution in [-0.2, 0) is 4.79 Å². The lowest BCUT2D eigenvalue weighted by Crippen LogP contribution is -2.07. The largest absolute Gasteiger partial charge is 0.493 e. The fraction of sp³-hybridized carbons (Fsp3) is 0.333. The monoisotopic (exact) mass is 346 g/mol. The van der Waals surface area contributed by atoms with Crippen LogP contribution < -0.4 is 14.8 Å². The third-order valence-electron chi connectivity index (χ3n) is 3.04. The van der Waals surface area contributed by atoms with E-state index in [1.165, 1.54) is 17.4 Å². The minimum Gasteiger partial charge on any atom is -0.493 e. The van der Waals surface area contributed by atoms with Crippen molar-refractivity contribution in [1.82, 2.24) is 4.98 Å². The zero-order valence-electron chi connectivity index (χ0n) is 14.3. The highest BCUT2D eigenvalue weighted by atomic mass is 32.1. The molecule has 0 radical (unpaired) electrons. The number of ether oxygens (including phenoxy) is 2. The number of carbonyl (C=O) groups is 1. The lowest BCUT2D eigenvalue weighted by molar-refractivity contribution is -0.111. The molecule has 2 aromatic rings. The molecule has 0 spiro atoms. The van der Waals surface area contributed by atoms with Crippen molar-refractivity contribution < 1.29 is 14.3 Å². The molecule has 1 amide bonds. The summed E-state index contributed by atoms with van der Waals surface area (Å²) < 4.78 is 11.1. The van der Waals surface area contributed by atoms with Gasteiger partial charge in [0.15, 0.2) is 16.6 Å². The van der Waals surface area contributed by atoms with Gasteiger partial charge in [0, 0.05) is 17.2 Å². The number of nitrogens with one attached hydrogen (secondary N) is 1. The molecule has 1 aromatic heterocycles. The molecular formula is C18H22N2O3S. The van der Waals surface area contributed by atoms with Crippen LogP contribution in [0.25, 0.3) is 6.08 Å². The summed E-state index contributed by atoms with van der Waals surface area (Å²) in [5.41, 5.74) is 0.856. The first kappa shape index (κ1) is 18.0. The average molecular weight is 346 g/mol. The standard InChI is InChI=1S/C18H22N2O3S/c1-12(2)11-23-15-7-5-14(9-16(15)22-4)6-8-17(21)20-18-19-10-13(3)24-18/h5-10,12H,11H2,1-4H3,(H,19,20,21)/b8-6+. The van der Waals surface area contributed by atoms with Crippen LogP contribution in [-0.4, -0.2) is 24.6 Å². The molecule has 0 bridgehead atoms. The van der Waals surface area contributed by atoms with Crippen LogP contribution in [0.15, 0.2) is 30.5 Å². The van der Waals surface area contributed by atoms with Crippen molar-refractivity contribution in [2.24, 2.45) is 5.92 Å². The van der Waals surface area contributed by atoms with E-state index in [0.717, 1.165) is 10.4 Å². The Morgan fingerprint density at radius 1 is 1.38 bits per heavy atom. The molecule has 2 rings (SSSR count). The molecular weight excluding hydrogens is 324 g/mol. The van der Waals surface area contributed by atoms with E-state index in [9.17, 15) is 4.79 Å². The second kappa shape index (κ2) is 8.49. The molecule has 0 aliphatic carbocycles. The number of carbonyl (C=O) groups excluding carboxylic acids is 1. The summed E-state index contributed by atoms with van der Waals surface area (Å²) in [4.78, 5) is 17.1. The Balaban J connectivity index is 2.02. The van der Waals surface area contributed by atoms with Gasteiger partial charge in [-0.05, 0) is 36.6 Å². The summed E-state index contributed by atoms with van der Waals surface area (Å²) in [5.74, 6) is 1.57. The SMILES string of the molecule is COc1cc(/C=C/C(=O)Nc2ncc(C)s2)ccc1OCC(C)C. The van der Waals surface area contributed by atoms with Crippen molar-refractivity contribution in [2.75, 3.05) is 19.0 Å². The number of anilines is 1. The highest BCUT2D eigenvalue weighted by Crippen LogP contribution is 2.29. The number of rotatable bonds is 7. The molecule has 1 heterocycles. The van der Waals surface area contributed by atoms with Crippen LogP contribution in [0, 0.1) is 12.8 Å². The zero-order chi connectivity index (χ0) is 17.5. The van der Waals surface area contributed by atoms with E-state index < -0.39 is 0 Å². The molecule has 0 aliphatic heterocycles. The summed E-state index contributed by atoms with van der Waals surface area (Å²) in [6.45, 7) is 6.75. The predicted octanol–water partition coefficient (Wildman–Crippen LogP) is 4.15. The van der Waals surface area contributed by atoms with Crippen molar-refractivity contribution in [3.63, 3.8) is 0 Å². The summed E-state index contributed by atoms with van der Waals surface area (Å²) in [5, 5.41) is 3.33. The van der Waals surface area contributed by atoms with E-state index in [-0.39, 0.29) is 5.91 Å². The number of aromatic nitrogens is 1. The first-order chi connectivity index (χ1) is 11.5. The second-order valence-corrected chi connectivity index (χ2v) is 6.95. The van der Waals surface area contributed by atoms with Gasteiger partial charge in [0.2, 0.25) is 5.91 Å². The number of hydrogen-bond acceptors (Lipinski definition) is 5. The van der Waals surface area contributed by atoms with Crippen LogP contribution in [0.1, 0.15) is 24.3 Å². The number of nitrogens with zero attached hydrogens (tertiary/aromatic N) is 1. The molecule has 0 saturated heterocycles. The Hall–Kier alpha value is -2.34. The Kier molecular flexibility index (Phi) is 6.37. The predicted molar refractivity (Wildman–Crippen MR) is 97.8 cm³/mol. The lowest BCUT2D eigenvalue weighted by Gasteiger charge is -2.12. The topological polar surface area (TPSA) is 60.5 Å². The van der Waals surface area contributed by atoms with Gasteiger partial charge in [0.1, 0.15) is 0 Å². The minimum absolute atomic E-state index is 0.219. The maximum atomic E-state index is 11.9. The number of benzene rings is 1. The fourth-order valence-electron chi connectivity index (χ4n) is 1.90. The Bertz CT molecular complexity index is 723. The number of hydrogen-bond donors (Lipinski definition) is 1. The second-order valence-electron chi connectivity index (χ2n) is 5.71. The molecule has 24 heavy (non-hydrogen) atoms. The van der Waals surface area contributed by atoms with E-state index >= 15 is 0 Å².